The maximum Gasteiger partial charge on any atom is 0.261 e. The quantitative estimate of drug-likeness (QED) is 0.609. The average molecular weight is 269 g/mol. The second-order valence-electron chi connectivity index (χ2n) is 4.89. The Bertz CT molecular complexity index is 560. The number of rotatable bonds is 2. The molecule has 1 unspecified atom stereocenters. The van der Waals surface area contributed by atoms with Crippen LogP contribution < -0.4 is 0 Å². The van der Waals surface area contributed by atoms with E-state index in [2.05, 4.69) is 12.2 Å². The predicted molar refractivity (Wildman–Crippen MR) is 67.6 cm³/mol. The molecule has 0 aromatic heterocycles. The zero-order chi connectivity index (χ0) is 12.0. The zero-order valence-electron chi connectivity index (χ0n) is 9.21. The number of fused-ring (bicyclic) bond motifs is 2. The molecule has 2 aliphatic rings. The Kier molecular flexibility index (Phi) is 2.56. The van der Waals surface area contributed by atoms with Crippen molar-refractivity contribution < 1.29 is 8.42 Å². The molecule has 1 aromatic rings. The maximum absolute atomic E-state index is 11.1. The van der Waals surface area contributed by atoms with Crippen molar-refractivity contribution in [2.45, 2.75) is 23.7 Å². The molecule has 1 fully saturated rings. The first-order valence-corrected chi connectivity index (χ1v) is 8.08. The summed E-state index contributed by atoms with van der Waals surface area (Å²) in [4.78, 5) is 0.182. The number of allylic oxidation sites excluding steroid dienone is 2. The molecule has 3 rings (SSSR count). The molecular formula is C13H13ClO2S. The SMILES string of the molecule is O=S(=O)(Cl)c1ccc([C@H]2CC3C=C[C@@H]2C3)cc1. The summed E-state index contributed by atoms with van der Waals surface area (Å²) in [6.45, 7) is 0. The van der Waals surface area contributed by atoms with Crippen LogP contribution in [0.5, 0.6) is 0 Å². The molecular weight excluding hydrogens is 256 g/mol. The van der Waals surface area contributed by atoms with Crippen molar-refractivity contribution in [2.24, 2.45) is 11.8 Å². The standard InChI is InChI=1S/C13H13ClO2S/c14-17(15,16)12-5-3-10(4-6-12)13-8-9-1-2-11(13)7-9/h1-6,9,11,13H,7-8H2/t9?,11-,13-/m1/s1. The second-order valence-corrected chi connectivity index (χ2v) is 7.46. The van der Waals surface area contributed by atoms with E-state index >= 15 is 0 Å². The number of hydrogen-bond donors (Lipinski definition) is 0. The van der Waals surface area contributed by atoms with Gasteiger partial charge in [0.25, 0.3) is 9.05 Å². The van der Waals surface area contributed by atoms with E-state index in [1.807, 2.05) is 12.1 Å². The van der Waals surface area contributed by atoms with E-state index in [4.69, 9.17) is 10.7 Å². The summed E-state index contributed by atoms with van der Waals surface area (Å²) in [5.41, 5.74) is 1.23. The van der Waals surface area contributed by atoms with Gasteiger partial charge in [0.15, 0.2) is 0 Å². The lowest BCUT2D eigenvalue weighted by atomic mass is 9.87. The van der Waals surface area contributed by atoms with Crippen LogP contribution in [-0.2, 0) is 9.05 Å². The van der Waals surface area contributed by atoms with E-state index in [9.17, 15) is 8.42 Å². The van der Waals surface area contributed by atoms with Gasteiger partial charge in [-0.1, -0.05) is 24.3 Å². The molecule has 0 N–H and O–H groups in total. The van der Waals surface area contributed by atoms with E-state index in [1.54, 1.807) is 12.1 Å². The van der Waals surface area contributed by atoms with E-state index < -0.39 is 9.05 Å². The van der Waals surface area contributed by atoms with Gasteiger partial charge in [-0.25, -0.2) is 8.42 Å². The first-order chi connectivity index (χ1) is 8.04. The van der Waals surface area contributed by atoms with Gasteiger partial charge in [0.1, 0.15) is 0 Å². The Hall–Kier alpha value is -0.800. The lowest BCUT2D eigenvalue weighted by Gasteiger charge is -2.18. The lowest BCUT2D eigenvalue weighted by molar-refractivity contribution is 0.584. The van der Waals surface area contributed by atoms with Gasteiger partial charge >= 0.3 is 0 Å². The highest BCUT2D eigenvalue weighted by atomic mass is 35.7. The minimum Gasteiger partial charge on any atom is -0.207 e. The number of benzene rings is 1. The molecule has 0 radical (unpaired) electrons. The summed E-state index contributed by atoms with van der Waals surface area (Å²) in [6.07, 6.45) is 7.04. The largest absolute Gasteiger partial charge is 0.261 e. The summed E-state index contributed by atoms with van der Waals surface area (Å²) in [7, 11) is 1.70. The van der Waals surface area contributed by atoms with Crippen molar-refractivity contribution >= 4 is 19.7 Å². The Morgan fingerprint density at radius 2 is 1.76 bits per heavy atom. The van der Waals surface area contributed by atoms with Gasteiger partial charge in [0, 0.05) is 10.7 Å². The van der Waals surface area contributed by atoms with Crippen LogP contribution in [0.3, 0.4) is 0 Å². The van der Waals surface area contributed by atoms with E-state index in [0.717, 1.165) is 5.92 Å². The average Bonchev–Trinajstić information content (AvgIpc) is 2.89. The van der Waals surface area contributed by atoms with Gasteiger partial charge in [0.05, 0.1) is 4.90 Å². The van der Waals surface area contributed by atoms with Gasteiger partial charge in [-0.05, 0) is 48.3 Å². The van der Waals surface area contributed by atoms with Crippen LogP contribution in [0, 0.1) is 11.8 Å². The van der Waals surface area contributed by atoms with Gasteiger partial charge in [-0.15, -0.1) is 0 Å². The Morgan fingerprint density at radius 1 is 1.06 bits per heavy atom. The van der Waals surface area contributed by atoms with Crippen molar-refractivity contribution in [1.82, 2.24) is 0 Å². The minimum absolute atomic E-state index is 0.182. The summed E-state index contributed by atoms with van der Waals surface area (Å²) in [6, 6.07) is 7.00. The molecule has 2 bridgehead atoms. The van der Waals surface area contributed by atoms with Gasteiger partial charge in [0.2, 0.25) is 0 Å². The number of halogens is 1. The topological polar surface area (TPSA) is 34.1 Å². The van der Waals surface area contributed by atoms with Crippen LogP contribution >= 0.6 is 10.7 Å². The highest BCUT2D eigenvalue weighted by Gasteiger charge is 2.36. The van der Waals surface area contributed by atoms with Crippen molar-refractivity contribution in [3.05, 3.63) is 42.0 Å². The van der Waals surface area contributed by atoms with Crippen LogP contribution in [-0.4, -0.2) is 8.42 Å². The smallest absolute Gasteiger partial charge is 0.207 e. The summed E-state index contributed by atoms with van der Waals surface area (Å²) in [5.74, 6) is 1.91. The highest BCUT2D eigenvalue weighted by molar-refractivity contribution is 8.13. The van der Waals surface area contributed by atoms with Crippen LogP contribution in [0.25, 0.3) is 0 Å². The number of hydrogen-bond acceptors (Lipinski definition) is 2. The molecule has 17 heavy (non-hydrogen) atoms. The first kappa shape index (κ1) is 11.3. The minimum atomic E-state index is -3.60. The Labute approximate surface area is 106 Å². The monoisotopic (exact) mass is 268 g/mol. The van der Waals surface area contributed by atoms with Crippen LogP contribution in [0.2, 0.25) is 0 Å². The maximum atomic E-state index is 11.1. The fraction of sp³-hybridized carbons (Fsp3) is 0.385. The molecule has 0 heterocycles. The Morgan fingerprint density at radius 3 is 2.24 bits per heavy atom. The normalized spacial score (nSPS) is 31.0. The summed E-state index contributed by atoms with van der Waals surface area (Å²) in [5, 5.41) is 0. The van der Waals surface area contributed by atoms with Gasteiger partial charge < -0.3 is 0 Å². The molecule has 90 valence electrons. The van der Waals surface area contributed by atoms with E-state index in [-0.39, 0.29) is 4.90 Å². The summed E-state index contributed by atoms with van der Waals surface area (Å²) < 4.78 is 22.3. The van der Waals surface area contributed by atoms with Crippen molar-refractivity contribution in [1.29, 1.82) is 0 Å². The third kappa shape index (κ3) is 2.02. The third-order valence-corrected chi connectivity index (χ3v) is 5.24. The van der Waals surface area contributed by atoms with Crippen molar-refractivity contribution in [3.63, 3.8) is 0 Å². The van der Waals surface area contributed by atoms with Crippen LogP contribution in [0.15, 0.2) is 41.3 Å². The highest BCUT2D eigenvalue weighted by Crippen LogP contribution is 2.48. The van der Waals surface area contributed by atoms with Crippen molar-refractivity contribution in [2.75, 3.05) is 0 Å². The zero-order valence-corrected chi connectivity index (χ0v) is 10.8. The summed E-state index contributed by atoms with van der Waals surface area (Å²) >= 11 is 0. The Balaban J connectivity index is 1.89. The fourth-order valence-corrected chi connectivity index (χ4v) is 3.81. The molecule has 2 aliphatic carbocycles. The molecule has 4 heteroatoms. The molecule has 2 nitrogen and oxygen atoms in total. The lowest BCUT2D eigenvalue weighted by Crippen LogP contribution is -2.05. The predicted octanol–water partition coefficient (Wildman–Crippen LogP) is 3.29. The molecule has 1 aromatic carbocycles. The molecule has 0 saturated heterocycles. The molecule has 0 spiro atoms. The van der Waals surface area contributed by atoms with Crippen molar-refractivity contribution in [3.8, 4) is 0 Å². The second kappa shape index (κ2) is 3.85. The van der Waals surface area contributed by atoms with Gasteiger partial charge in [-0.2, -0.15) is 0 Å². The molecule has 1 saturated carbocycles. The first-order valence-electron chi connectivity index (χ1n) is 5.77. The molecule has 3 atom stereocenters. The third-order valence-electron chi connectivity index (χ3n) is 3.87. The van der Waals surface area contributed by atoms with Gasteiger partial charge in [-0.3, -0.25) is 0 Å². The molecule has 0 aliphatic heterocycles. The van der Waals surface area contributed by atoms with Crippen LogP contribution in [0.4, 0.5) is 0 Å². The van der Waals surface area contributed by atoms with E-state index in [1.165, 1.54) is 18.4 Å². The molecule has 0 amide bonds. The van der Waals surface area contributed by atoms with Crippen LogP contribution in [0.1, 0.15) is 24.3 Å². The van der Waals surface area contributed by atoms with E-state index in [0.29, 0.717) is 11.8 Å². The fourth-order valence-electron chi connectivity index (χ4n) is 3.04.